The van der Waals surface area contributed by atoms with Crippen LogP contribution >= 0.6 is 0 Å². The maximum atomic E-state index is 13.9. The number of para-hydroxylation sites is 1. The van der Waals surface area contributed by atoms with Crippen LogP contribution in [0.5, 0.6) is 0 Å². The first-order chi connectivity index (χ1) is 12.1. The van der Waals surface area contributed by atoms with Crippen LogP contribution in [-0.4, -0.2) is 46.0 Å². The Balaban J connectivity index is 1.48. The number of hydrogen-bond acceptors (Lipinski definition) is 6. The van der Waals surface area contributed by atoms with Crippen molar-refractivity contribution in [1.82, 2.24) is 19.9 Å². The summed E-state index contributed by atoms with van der Waals surface area (Å²) in [7, 11) is 0. The number of aryl methyl sites for hydroxylation is 2. The lowest BCUT2D eigenvalue weighted by atomic mass is 10.2. The zero-order chi connectivity index (χ0) is 17.4. The second kappa shape index (κ2) is 6.40. The Labute approximate surface area is 145 Å². The Hall–Kier alpha value is -2.54. The summed E-state index contributed by atoms with van der Waals surface area (Å²) in [6.45, 7) is 8.00. The van der Waals surface area contributed by atoms with Gasteiger partial charge in [0, 0.05) is 31.6 Å². The molecule has 0 N–H and O–H groups in total. The molecular formula is C18H20FN5O. The Morgan fingerprint density at radius 2 is 1.92 bits per heavy atom. The van der Waals surface area contributed by atoms with Gasteiger partial charge in [-0.1, -0.05) is 6.07 Å². The summed E-state index contributed by atoms with van der Waals surface area (Å²) >= 11 is 0. The highest BCUT2D eigenvalue weighted by molar-refractivity contribution is 5.89. The predicted octanol–water partition coefficient (Wildman–Crippen LogP) is 2.70. The van der Waals surface area contributed by atoms with Gasteiger partial charge < -0.3 is 9.32 Å². The molecule has 0 aliphatic carbocycles. The van der Waals surface area contributed by atoms with E-state index in [1.807, 2.05) is 19.9 Å². The van der Waals surface area contributed by atoms with E-state index >= 15 is 0 Å². The van der Waals surface area contributed by atoms with Crippen LogP contribution in [0.4, 0.5) is 10.2 Å². The molecule has 6 nitrogen and oxygen atoms in total. The third-order valence-electron chi connectivity index (χ3n) is 4.70. The van der Waals surface area contributed by atoms with Crippen molar-refractivity contribution in [2.75, 3.05) is 31.1 Å². The normalized spacial score (nSPS) is 15.9. The summed E-state index contributed by atoms with van der Waals surface area (Å²) in [6, 6.07) is 5.00. The highest BCUT2D eigenvalue weighted by atomic mass is 19.1. The van der Waals surface area contributed by atoms with E-state index in [0.717, 1.165) is 54.7 Å². The van der Waals surface area contributed by atoms with E-state index < -0.39 is 0 Å². The number of piperazine rings is 1. The third-order valence-corrected chi connectivity index (χ3v) is 4.70. The molecule has 4 rings (SSSR count). The first kappa shape index (κ1) is 16.0. The molecule has 0 saturated carbocycles. The second-order valence-electron chi connectivity index (χ2n) is 6.35. The standard InChI is InChI=1S/C18H20FN5O/c1-12-13(2)25-16(22-12)10-23-6-8-24(9-7-23)18-14-4-3-5-15(19)17(14)20-11-21-18/h3-5,11H,6-10H2,1-2H3. The van der Waals surface area contributed by atoms with Crippen molar-refractivity contribution in [2.45, 2.75) is 20.4 Å². The van der Waals surface area contributed by atoms with Crippen molar-refractivity contribution in [2.24, 2.45) is 0 Å². The van der Waals surface area contributed by atoms with Gasteiger partial charge in [0.2, 0.25) is 5.89 Å². The number of nitrogens with zero attached hydrogens (tertiary/aromatic N) is 5. The van der Waals surface area contributed by atoms with Gasteiger partial charge in [-0.2, -0.15) is 0 Å². The van der Waals surface area contributed by atoms with Crippen LogP contribution < -0.4 is 4.90 Å². The van der Waals surface area contributed by atoms with Gasteiger partial charge in [-0.25, -0.2) is 19.3 Å². The van der Waals surface area contributed by atoms with Crippen molar-refractivity contribution in [3.63, 3.8) is 0 Å². The lowest BCUT2D eigenvalue weighted by molar-refractivity contribution is 0.224. The van der Waals surface area contributed by atoms with E-state index in [1.54, 1.807) is 6.07 Å². The minimum Gasteiger partial charge on any atom is -0.444 e. The van der Waals surface area contributed by atoms with Crippen molar-refractivity contribution >= 4 is 16.7 Å². The topological polar surface area (TPSA) is 58.3 Å². The van der Waals surface area contributed by atoms with Crippen LogP contribution in [0.25, 0.3) is 10.9 Å². The second-order valence-corrected chi connectivity index (χ2v) is 6.35. The van der Waals surface area contributed by atoms with Gasteiger partial charge in [-0.05, 0) is 26.0 Å². The molecule has 1 aliphatic heterocycles. The molecule has 1 aliphatic rings. The number of halogens is 1. The van der Waals surface area contributed by atoms with E-state index in [9.17, 15) is 4.39 Å². The van der Waals surface area contributed by atoms with E-state index in [2.05, 4.69) is 24.8 Å². The first-order valence-electron chi connectivity index (χ1n) is 8.41. The fourth-order valence-corrected chi connectivity index (χ4v) is 3.21. The molecule has 3 heterocycles. The van der Waals surface area contributed by atoms with Crippen molar-refractivity contribution in [3.8, 4) is 0 Å². The molecule has 1 aromatic carbocycles. The number of oxazole rings is 1. The van der Waals surface area contributed by atoms with Crippen LogP contribution in [-0.2, 0) is 6.54 Å². The van der Waals surface area contributed by atoms with E-state index in [4.69, 9.17) is 4.42 Å². The first-order valence-corrected chi connectivity index (χ1v) is 8.41. The maximum Gasteiger partial charge on any atom is 0.208 e. The number of rotatable bonds is 3. The molecule has 1 saturated heterocycles. The average molecular weight is 341 g/mol. The number of fused-ring (bicyclic) bond motifs is 1. The number of benzene rings is 1. The molecule has 3 aromatic rings. The Bertz CT molecular complexity index is 882. The zero-order valence-corrected chi connectivity index (χ0v) is 14.4. The van der Waals surface area contributed by atoms with Crippen molar-refractivity contribution < 1.29 is 8.81 Å². The Morgan fingerprint density at radius 3 is 2.64 bits per heavy atom. The van der Waals surface area contributed by atoms with Crippen molar-refractivity contribution in [3.05, 3.63) is 47.7 Å². The summed E-state index contributed by atoms with van der Waals surface area (Å²) in [6.07, 6.45) is 1.44. The highest BCUT2D eigenvalue weighted by Gasteiger charge is 2.22. The molecule has 7 heteroatoms. The van der Waals surface area contributed by atoms with Gasteiger partial charge in [0.15, 0.2) is 0 Å². The van der Waals surface area contributed by atoms with E-state index in [-0.39, 0.29) is 5.82 Å². The Kier molecular flexibility index (Phi) is 4.09. The summed E-state index contributed by atoms with van der Waals surface area (Å²) in [4.78, 5) is 17.4. The fraction of sp³-hybridized carbons (Fsp3) is 0.389. The molecule has 130 valence electrons. The number of anilines is 1. The maximum absolute atomic E-state index is 13.9. The lowest BCUT2D eigenvalue weighted by Gasteiger charge is -2.35. The summed E-state index contributed by atoms with van der Waals surface area (Å²) < 4.78 is 19.6. The van der Waals surface area contributed by atoms with Gasteiger partial charge >= 0.3 is 0 Å². The molecule has 0 unspecified atom stereocenters. The quantitative estimate of drug-likeness (QED) is 0.730. The largest absolute Gasteiger partial charge is 0.444 e. The number of aromatic nitrogens is 3. The van der Waals surface area contributed by atoms with Crippen LogP contribution in [0.2, 0.25) is 0 Å². The SMILES string of the molecule is Cc1nc(CN2CCN(c3ncnc4c(F)cccc34)CC2)oc1C. The summed E-state index contributed by atoms with van der Waals surface area (Å²) in [5, 5.41) is 0.759. The van der Waals surface area contributed by atoms with Crippen LogP contribution in [0, 0.1) is 19.7 Å². The molecule has 0 radical (unpaired) electrons. The molecule has 0 amide bonds. The monoisotopic (exact) mass is 341 g/mol. The smallest absolute Gasteiger partial charge is 0.208 e. The molecule has 1 fully saturated rings. The summed E-state index contributed by atoms with van der Waals surface area (Å²) in [5.41, 5.74) is 1.32. The minimum atomic E-state index is -0.311. The van der Waals surface area contributed by atoms with Crippen LogP contribution in [0.3, 0.4) is 0 Å². The van der Waals surface area contributed by atoms with Gasteiger partial charge in [-0.15, -0.1) is 0 Å². The molecule has 25 heavy (non-hydrogen) atoms. The minimum absolute atomic E-state index is 0.311. The van der Waals surface area contributed by atoms with Gasteiger partial charge in [0.1, 0.15) is 29.2 Å². The summed E-state index contributed by atoms with van der Waals surface area (Å²) in [5.74, 6) is 2.13. The molecule has 0 atom stereocenters. The van der Waals surface area contributed by atoms with E-state index in [0.29, 0.717) is 12.1 Å². The zero-order valence-electron chi connectivity index (χ0n) is 14.4. The van der Waals surface area contributed by atoms with Gasteiger partial charge in [-0.3, -0.25) is 4.90 Å². The average Bonchev–Trinajstić information content (AvgIpc) is 2.93. The third kappa shape index (κ3) is 3.07. The molecule has 0 spiro atoms. The van der Waals surface area contributed by atoms with E-state index in [1.165, 1.54) is 12.4 Å². The fourth-order valence-electron chi connectivity index (χ4n) is 3.21. The van der Waals surface area contributed by atoms with Gasteiger partial charge in [0.25, 0.3) is 0 Å². The van der Waals surface area contributed by atoms with Crippen LogP contribution in [0.15, 0.2) is 28.9 Å². The lowest BCUT2D eigenvalue weighted by Crippen LogP contribution is -2.46. The Morgan fingerprint density at radius 1 is 1.12 bits per heavy atom. The van der Waals surface area contributed by atoms with Crippen molar-refractivity contribution in [1.29, 1.82) is 0 Å². The number of hydrogen-bond donors (Lipinski definition) is 0. The van der Waals surface area contributed by atoms with Crippen LogP contribution in [0.1, 0.15) is 17.3 Å². The molecule has 2 aromatic heterocycles. The van der Waals surface area contributed by atoms with Gasteiger partial charge in [0.05, 0.1) is 12.2 Å². The molecule has 0 bridgehead atoms. The molecular weight excluding hydrogens is 321 g/mol. The highest BCUT2D eigenvalue weighted by Crippen LogP contribution is 2.25. The predicted molar refractivity (Wildman–Crippen MR) is 93.0 cm³/mol.